The highest BCUT2D eigenvalue weighted by Gasteiger charge is 2.18. The van der Waals surface area contributed by atoms with Crippen LogP contribution in [0.4, 0.5) is 0 Å². The Kier molecular flexibility index (Phi) is 9.37. The van der Waals surface area contributed by atoms with Crippen molar-refractivity contribution in [3.63, 3.8) is 0 Å². The average Bonchev–Trinajstić information content (AvgIpc) is 2.21. The number of ether oxygens (including phenoxy) is 2. The molecule has 0 amide bonds. The number of nitrogens with zero attached hydrogens (tertiary/aromatic N) is 1. The first-order valence-electron chi connectivity index (χ1n) is 5.03. The van der Waals surface area contributed by atoms with Crippen LogP contribution in [-0.4, -0.2) is 24.3 Å². The summed E-state index contributed by atoms with van der Waals surface area (Å²) in [5.41, 5.74) is 0. The summed E-state index contributed by atoms with van der Waals surface area (Å²) >= 11 is 3.20. The fraction of sp³-hybridized carbons (Fsp3) is 0.900. The van der Waals surface area contributed by atoms with E-state index >= 15 is 0 Å². The topological polar surface area (TPSA) is 42.2 Å². The van der Waals surface area contributed by atoms with E-state index in [1.54, 1.807) is 0 Å². The number of hydrogen-bond donors (Lipinski definition) is 0. The molecule has 4 heteroatoms. The maximum absolute atomic E-state index is 8.68. The summed E-state index contributed by atoms with van der Waals surface area (Å²) in [5, 5.41) is 8.68. The van der Waals surface area contributed by atoms with E-state index in [0.29, 0.717) is 13.2 Å². The van der Waals surface area contributed by atoms with Gasteiger partial charge in [0.25, 0.3) is 0 Å². The van der Waals surface area contributed by atoms with E-state index in [1.165, 1.54) is 6.42 Å². The lowest BCUT2D eigenvalue weighted by atomic mass is 10.3. The predicted molar refractivity (Wildman–Crippen MR) is 59.2 cm³/mol. The highest BCUT2D eigenvalue weighted by Crippen LogP contribution is 2.11. The molecule has 0 aliphatic rings. The SMILES string of the molecule is CCCCCOC(OCC)C(Br)C#N. The zero-order valence-electron chi connectivity index (χ0n) is 8.83. The third kappa shape index (κ3) is 6.36. The summed E-state index contributed by atoms with van der Waals surface area (Å²) in [4.78, 5) is -0.385. The van der Waals surface area contributed by atoms with Gasteiger partial charge in [-0.3, -0.25) is 0 Å². The van der Waals surface area contributed by atoms with Crippen molar-refractivity contribution >= 4 is 15.9 Å². The summed E-state index contributed by atoms with van der Waals surface area (Å²) in [7, 11) is 0. The molecule has 0 heterocycles. The van der Waals surface area contributed by atoms with E-state index in [-0.39, 0.29) is 4.83 Å². The van der Waals surface area contributed by atoms with Crippen LogP contribution in [0, 0.1) is 11.3 Å². The molecular weight excluding hydrogens is 246 g/mol. The lowest BCUT2D eigenvalue weighted by Gasteiger charge is -2.18. The van der Waals surface area contributed by atoms with Crippen molar-refractivity contribution in [3.05, 3.63) is 0 Å². The monoisotopic (exact) mass is 263 g/mol. The van der Waals surface area contributed by atoms with Gasteiger partial charge in [0.1, 0.15) is 0 Å². The van der Waals surface area contributed by atoms with Gasteiger partial charge in [0.05, 0.1) is 6.07 Å². The minimum Gasteiger partial charge on any atom is -0.351 e. The smallest absolute Gasteiger partial charge is 0.183 e. The molecule has 14 heavy (non-hydrogen) atoms. The van der Waals surface area contributed by atoms with Gasteiger partial charge >= 0.3 is 0 Å². The van der Waals surface area contributed by atoms with Crippen LogP contribution in [0.5, 0.6) is 0 Å². The van der Waals surface area contributed by atoms with Crippen molar-refractivity contribution in [3.8, 4) is 6.07 Å². The van der Waals surface area contributed by atoms with Crippen molar-refractivity contribution in [2.75, 3.05) is 13.2 Å². The molecule has 0 saturated carbocycles. The van der Waals surface area contributed by atoms with E-state index in [4.69, 9.17) is 14.7 Å². The van der Waals surface area contributed by atoms with Crippen molar-refractivity contribution in [2.24, 2.45) is 0 Å². The van der Waals surface area contributed by atoms with E-state index in [1.807, 2.05) is 6.92 Å². The number of unbranched alkanes of at least 4 members (excludes halogenated alkanes) is 2. The van der Waals surface area contributed by atoms with E-state index in [9.17, 15) is 0 Å². The molecule has 0 bridgehead atoms. The van der Waals surface area contributed by atoms with E-state index < -0.39 is 6.29 Å². The number of nitriles is 1. The zero-order valence-corrected chi connectivity index (χ0v) is 10.4. The Labute approximate surface area is 94.5 Å². The van der Waals surface area contributed by atoms with Crippen LogP contribution < -0.4 is 0 Å². The average molecular weight is 264 g/mol. The molecule has 0 spiro atoms. The van der Waals surface area contributed by atoms with Crippen molar-refractivity contribution in [1.82, 2.24) is 0 Å². The Morgan fingerprint density at radius 1 is 1.29 bits per heavy atom. The van der Waals surface area contributed by atoms with Crippen LogP contribution in [0.1, 0.15) is 33.1 Å². The molecule has 0 aromatic heterocycles. The molecule has 0 saturated heterocycles. The van der Waals surface area contributed by atoms with Crippen molar-refractivity contribution in [1.29, 1.82) is 5.26 Å². The Bertz CT molecular complexity index is 170. The summed E-state index contributed by atoms with van der Waals surface area (Å²) in [6.45, 7) is 5.24. The normalized spacial score (nSPS) is 14.7. The van der Waals surface area contributed by atoms with Crippen molar-refractivity contribution in [2.45, 2.75) is 44.2 Å². The van der Waals surface area contributed by atoms with Gasteiger partial charge in [-0.15, -0.1) is 0 Å². The highest BCUT2D eigenvalue weighted by molar-refractivity contribution is 9.09. The molecule has 2 unspecified atom stereocenters. The molecule has 0 N–H and O–H groups in total. The second-order valence-electron chi connectivity index (χ2n) is 2.93. The number of alkyl halides is 1. The van der Waals surface area contributed by atoms with Crippen LogP contribution in [-0.2, 0) is 9.47 Å². The minimum absolute atomic E-state index is 0.385. The second-order valence-corrected chi connectivity index (χ2v) is 3.92. The standard InChI is InChI=1S/C10H18BrNO2/c1-3-5-6-7-14-10(13-4-2)9(11)8-12/h9-10H,3-7H2,1-2H3. The number of hydrogen-bond acceptors (Lipinski definition) is 3. The number of halogens is 1. The largest absolute Gasteiger partial charge is 0.351 e. The van der Waals surface area contributed by atoms with Gasteiger partial charge in [-0.05, 0) is 13.3 Å². The molecule has 3 nitrogen and oxygen atoms in total. The first kappa shape index (κ1) is 13.9. The predicted octanol–water partition coefficient (Wildman–Crippen LogP) is 2.84. The Morgan fingerprint density at radius 3 is 2.50 bits per heavy atom. The molecule has 0 aromatic carbocycles. The van der Waals surface area contributed by atoms with E-state index in [0.717, 1.165) is 12.8 Å². The summed E-state index contributed by atoms with van der Waals surface area (Å²) in [6.07, 6.45) is 2.89. The van der Waals surface area contributed by atoms with Crippen LogP contribution in [0.3, 0.4) is 0 Å². The molecule has 0 aliphatic carbocycles. The maximum Gasteiger partial charge on any atom is 0.183 e. The van der Waals surface area contributed by atoms with Gasteiger partial charge < -0.3 is 9.47 Å². The summed E-state index contributed by atoms with van der Waals surface area (Å²) in [6, 6.07) is 2.06. The van der Waals surface area contributed by atoms with Gasteiger partial charge in [0.15, 0.2) is 11.1 Å². The third-order valence-corrected chi connectivity index (χ3v) is 2.36. The van der Waals surface area contributed by atoms with Gasteiger partial charge in [-0.25, -0.2) is 0 Å². The van der Waals surface area contributed by atoms with Gasteiger partial charge in [-0.1, -0.05) is 35.7 Å². The van der Waals surface area contributed by atoms with Crippen LogP contribution in [0.15, 0.2) is 0 Å². The summed E-state index contributed by atoms with van der Waals surface area (Å²) < 4.78 is 10.7. The number of rotatable bonds is 8. The molecule has 0 aromatic rings. The second kappa shape index (κ2) is 9.45. The Morgan fingerprint density at radius 2 is 2.00 bits per heavy atom. The fourth-order valence-corrected chi connectivity index (χ4v) is 1.30. The third-order valence-electron chi connectivity index (χ3n) is 1.72. The molecule has 0 aliphatic heterocycles. The first-order chi connectivity index (χ1) is 6.76. The molecule has 82 valence electrons. The fourth-order valence-electron chi connectivity index (χ4n) is 0.994. The van der Waals surface area contributed by atoms with Crippen LogP contribution in [0.25, 0.3) is 0 Å². The van der Waals surface area contributed by atoms with Gasteiger partial charge in [-0.2, -0.15) is 5.26 Å². The highest BCUT2D eigenvalue weighted by atomic mass is 79.9. The molecular formula is C10H18BrNO2. The summed E-state index contributed by atoms with van der Waals surface area (Å²) in [5.74, 6) is 0. The molecule has 0 fully saturated rings. The Hall–Kier alpha value is -0.110. The van der Waals surface area contributed by atoms with Gasteiger partial charge in [0, 0.05) is 13.2 Å². The maximum atomic E-state index is 8.68. The minimum atomic E-state index is -0.443. The van der Waals surface area contributed by atoms with Gasteiger partial charge in [0.2, 0.25) is 0 Å². The quantitative estimate of drug-likeness (QED) is 0.384. The van der Waals surface area contributed by atoms with Crippen molar-refractivity contribution < 1.29 is 9.47 Å². The van der Waals surface area contributed by atoms with E-state index in [2.05, 4.69) is 28.9 Å². The van der Waals surface area contributed by atoms with Crippen LogP contribution >= 0.6 is 15.9 Å². The Balaban J connectivity index is 3.68. The molecule has 2 atom stereocenters. The first-order valence-corrected chi connectivity index (χ1v) is 5.94. The zero-order chi connectivity index (χ0) is 10.8. The molecule has 0 radical (unpaired) electrons. The van der Waals surface area contributed by atoms with Crippen LogP contribution in [0.2, 0.25) is 0 Å². The lowest BCUT2D eigenvalue weighted by molar-refractivity contribution is -0.132. The lowest BCUT2D eigenvalue weighted by Crippen LogP contribution is -2.27. The molecule has 0 rings (SSSR count).